The molecule has 5 saturated carbocycles. The number of carbonyl (C=O) groups excluding carboxylic acids is 2. The zero-order valence-electron chi connectivity index (χ0n) is 27.3. The van der Waals surface area contributed by atoms with Crippen molar-refractivity contribution in [3.8, 4) is 0 Å². The van der Waals surface area contributed by atoms with Crippen molar-refractivity contribution in [1.29, 1.82) is 0 Å². The third-order valence-corrected chi connectivity index (χ3v) is 13.2. The average molecular weight is 646 g/mol. The lowest BCUT2D eigenvalue weighted by atomic mass is 9.42. The summed E-state index contributed by atoms with van der Waals surface area (Å²) in [6.07, 6.45) is -5.49. The van der Waals surface area contributed by atoms with Crippen LogP contribution in [-0.4, -0.2) is 134 Å². The van der Waals surface area contributed by atoms with Gasteiger partial charge in [-0.05, 0) is 31.0 Å². The molecule has 0 aromatic heterocycles. The monoisotopic (exact) mass is 645 g/mol. The largest absolute Gasteiger partial charge is 0.455 e. The third kappa shape index (κ3) is 3.62. The van der Waals surface area contributed by atoms with Gasteiger partial charge in [0.2, 0.25) is 0 Å². The van der Waals surface area contributed by atoms with E-state index >= 15 is 0 Å². The van der Waals surface area contributed by atoms with E-state index in [0.29, 0.717) is 25.1 Å². The molecule has 15 atom stereocenters. The van der Waals surface area contributed by atoms with Gasteiger partial charge >= 0.3 is 11.9 Å². The van der Waals surface area contributed by atoms with Crippen LogP contribution in [0.1, 0.15) is 37.0 Å². The quantitative estimate of drug-likeness (QED) is 0.323. The van der Waals surface area contributed by atoms with E-state index in [4.69, 9.17) is 28.4 Å². The van der Waals surface area contributed by atoms with Crippen LogP contribution in [-0.2, 0) is 33.2 Å². The number of piperidine rings is 1. The number of aliphatic hydroxyl groups is 3. The predicted octanol–water partition coefficient (Wildman–Crippen LogP) is 0.648. The van der Waals surface area contributed by atoms with Crippen LogP contribution >= 0.6 is 0 Å². The number of hydrogen-bond donors (Lipinski definition) is 3. The van der Waals surface area contributed by atoms with Crippen LogP contribution < -0.4 is 0 Å². The fraction of sp³-hybridized carbons (Fsp3) is 0.765. The molecule has 0 unspecified atom stereocenters. The number of nitrogens with zero attached hydrogens (tertiary/aromatic N) is 1. The first-order valence-electron chi connectivity index (χ1n) is 16.3. The number of methoxy groups -OCH3 is 4. The van der Waals surface area contributed by atoms with Gasteiger partial charge in [0.25, 0.3) is 0 Å². The zero-order valence-corrected chi connectivity index (χ0v) is 27.3. The molecule has 46 heavy (non-hydrogen) atoms. The lowest BCUT2D eigenvalue weighted by molar-refractivity contribution is -0.322. The topological polar surface area (TPSA) is 153 Å². The minimum atomic E-state index is -1.83. The van der Waals surface area contributed by atoms with Crippen LogP contribution in [0.5, 0.6) is 0 Å². The highest BCUT2D eigenvalue weighted by Crippen LogP contribution is 2.80. The molecule has 254 valence electrons. The Balaban J connectivity index is 1.53. The van der Waals surface area contributed by atoms with Crippen LogP contribution in [0.2, 0.25) is 0 Å². The highest BCUT2D eigenvalue weighted by molar-refractivity contribution is 5.89. The highest BCUT2D eigenvalue weighted by atomic mass is 16.6. The van der Waals surface area contributed by atoms with Gasteiger partial charge in [-0.3, -0.25) is 9.69 Å². The summed E-state index contributed by atoms with van der Waals surface area (Å²) < 4.78 is 37.4. The summed E-state index contributed by atoms with van der Waals surface area (Å²) in [7, 11) is 6.27. The molecule has 1 saturated heterocycles. The second-order valence-corrected chi connectivity index (χ2v) is 14.4. The maximum Gasteiger partial charge on any atom is 0.338 e. The first-order chi connectivity index (χ1) is 22.0. The lowest BCUT2D eigenvalue weighted by Crippen LogP contribution is -2.81. The number of ether oxygens (including phenoxy) is 6. The smallest absolute Gasteiger partial charge is 0.338 e. The molecular formula is C34H47NO11. The molecule has 1 heterocycles. The van der Waals surface area contributed by atoms with Crippen LogP contribution in [0.15, 0.2) is 30.3 Å². The first-order valence-corrected chi connectivity index (χ1v) is 16.3. The Labute approximate surface area is 269 Å². The standard InChI is InChI=1S/C34H47NO11/c1-7-35-15-31(16-41-3)20(37)13-21(42-4)33-19-14-32(40)28(45-30(39)18-11-9-8-10-12-18)22(19)34(46-17(2)36,27(38)29(32)44-6)23(26(33)35)24(43-5)25(31)33/h8-12,19-29,37-38,40H,7,13-16H2,1-6H3/t19-,20-,21+,22-,23+,24-,25-,26-,27+,28-,29+,31+,32-,33+,34+/m1/s1. The normalized spacial score (nSPS) is 49.9. The number of likely N-dealkylation sites (tertiary alicyclic amines) is 1. The summed E-state index contributed by atoms with van der Waals surface area (Å²) in [6, 6.07) is 8.18. The van der Waals surface area contributed by atoms with Crippen molar-refractivity contribution in [1.82, 2.24) is 4.90 Å². The van der Waals surface area contributed by atoms with Gasteiger partial charge in [-0.15, -0.1) is 0 Å². The molecule has 7 bridgehead atoms. The van der Waals surface area contributed by atoms with Gasteiger partial charge < -0.3 is 43.7 Å². The minimum Gasteiger partial charge on any atom is -0.455 e. The van der Waals surface area contributed by atoms with E-state index in [1.54, 1.807) is 51.7 Å². The molecule has 6 aliphatic rings. The molecule has 1 aliphatic heterocycles. The number of carbonyl (C=O) groups is 2. The molecule has 12 heteroatoms. The second kappa shape index (κ2) is 10.9. The molecule has 5 aliphatic carbocycles. The van der Waals surface area contributed by atoms with Gasteiger partial charge in [0.05, 0.1) is 30.5 Å². The van der Waals surface area contributed by atoms with E-state index < -0.39 is 88.3 Å². The van der Waals surface area contributed by atoms with Crippen molar-refractivity contribution in [2.75, 3.05) is 48.1 Å². The van der Waals surface area contributed by atoms with Gasteiger partial charge in [0, 0.05) is 83.0 Å². The van der Waals surface area contributed by atoms with Crippen LogP contribution in [0.25, 0.3) is 0 Å². The molecule has 1 aromatic rings. The van der Waals surface area contributed by atoms with E-state index in [-0.39, 0.29) is 25.0 Å². The molecule has 7 rings (SSSR count). The Kier molecular flexibility index (Phi) is 7.69. The first kappa shape index (κ1) is 32.4. The van der Waals surface area contributed by atoms with Crippen molar-refractivity contribution in [2.24, 2.45) is 34.5 Å². The Morgan fingerprint density at radius 1 is 1.00 bits per heavy atom. The summed E-state index contributed by atoms with van der Waals surface area (Å²) in [6.45, 7) is 4.68. The summed E-state index contributed by atoms with van der Waals surface area (Å²) in [5.41, 5.74) is -4.79. The van der Waals surface area contributed by atoms with Gasteiger partial charge in [0.1, 0.15) is 23.9 Å². The number of hydrogen-bond acceptors (Lipinski definition) is 12. The van der Waals surface area contributed by atoms with Gasteiger partial charge in [0.15, 0.2) is 5.60 Å². The summed E-state index contributed by atoms with van der Waals surface area (Å²) in [5.74, 6) is -3.65. The predicted molar refractivity (Wildman–Crippen MR) is 160 cm³/mol. The van der Waals surface area contributed by atoms with Crippen molar-refractivity contribution in [3.05, 3.63) is 35.9 Å². The van der Waals surface area contributed by atoms with E-state index in [0.717, 1.165) is 0 Å². The van der Waals surface area contributed by atoms with Crippen molar-refractivity contribution in [2.45, 2.75) is 80.6 Å². The number of esters is 2. The summed E-state index contributed by atoms with van der Waals surface area (Å²) in [5, 5.41) is 37.3. The van der Waals surface area contributed by atoms with Crippen LogP contribution in [0.3, 0.4) is 0 Å². The van der Waals surface area contributed by atoms with Gasteiger partial charge in [-0.1, -0.05) is 25.1 Å². The molecule has 0 amide bonds. The Bertz CT molecular complexity index is 1360. The fourth-order valence-corrected chi connectivity index (χ4v) is 12.3. The van der Waals surface area contributed by atoms with E-state index in [9.17, 15) is 24.9 Å². The number of fused-ring (bicyclic) bond motifs is 2. The number of rotatable bonds is 9. The highest BCUT2D eigenvalue weighted by Gasteiger charge is 2.92. The maximum atomic E-state index is 13.8. The second-order valence-electron chi connectivity index (χ2n) is 14.4. The molecule has 1 spiro atoms. The van der Waals surface area contributed by atoms with Gasteiger partial charge in [-0.2, -0.15) is 0 Å². The molecule has 0 radical (unpaired) electrons. The summed E-state index contributed by atoms with van der Waals surface area (Å²) >= 11 is 0. The Hall–Kier alpha value is -2.16. The number of aliphatic hydroxyl groups excluding tert-OH is 2. The van der Waals surface area contributed by atoms with Gasteiger partial charge in [-0.25, -0.2) is 4.79 Å². The Morgan fingerprint density at radius 2 is 1.72 bits per heavy atom. The van der Waals surface area contributed by atoms with E-state index in [1.165, 1.54) is 14.0 Å². The molecule has 12 nitrogen and oxygen atoms in total. The van der Waals surface area contributed by atoms with E-state index in [1.807, 2.05) is 6.92 Å². The van der Waals surface area contributed by atoms with Crippen molar-refractivity contribution < 1.29 is 53.3 Å². The SMILES string of the molecule is CCN1C[C@]2(COC)[C@H](O)C[C@H](OC)[C@@]34[C@@H]5C[C@@]6(O)[C@H](OC(=O)c7ccccc7)[C@@H]5[C@](OC(C)=O)([C@@H]([C@@H](OC)[C@H]23)[C@@H]14)[C@@H](O)[C@@H]6OC. The number of benzene rings is 1. The average Bonchev–Trinajstić information content (AvgIpc) is 3.41. The maximum absolute atomic E-state index is 13.8. The van der Waals surface area contributed by atoms with Crippen molar-refractivity contribution >= 4 is 11.9 Å². The van der Waals surface area contributed by atoms with Crippen LogP contribution in [0.4, 0.5) is 0 Å². The summed E-state index contributed by atoms with van der Waals surface area (Å²) in [4.78, 5) is 29.3. The molecule has 1 aromatic carbocycles. The zero-order chi connectivity index (χ0) is 33.0. The molecule has 6 fully saturated rings. The fourth-order valence-electron chi connectivity index (χ4n) is 12.3. The molecular weight excluding hydrogens is 598 g/mol. The third-order valence-electron chi connectivity index (χ3n) is 13.2. The van der Waals surface area contributed by atoms with E-state index in [2.05, 4.69) is 4.90 Å². The van der Waals surface area contributed by atoms with Crippen LogP contribution in [0, 0.1) is 34.5 Å². The Morgan fingerprint density at radius 3 is 2.30 bits per heavy atom. The lowest BCUT2D eigenvalue weighted by Gasteiger charge is -2.70. The minimum absolute atomic E-state index is 0.0791. The molecule has 3 N–H and O–H groups in total. The van der Waals surface area contributed by atoms with Crippen molar-refractivity contribution in [3.63, 3.8) is 0 Å².